The topological polar surface area (TPSA) is 84.1 Å². The average molecular weight is 291 g/mol. The van der Waals surface area contributed by atoms with E-state index < -0.39 is 0 Å². The second kappa shape index (κ2) is 6.39. The zero-order valence-electron chi connectivity index (χ0n) is 13.1. The van der Waals surface area contributed by atoms with Crippen LogP contribution < -0.4 is 11.1 Å². The Hall–Kier alpha value is -1.69. The third kappa shape index (κ3) is 4.97. The minimum atomic E-state index is -0.160. The van der Waals surface area contributed by atoms with Crippen LogP contribution in [0.15, 0.2) is 12.4 Å². The van der Waals surface area contributed by atoms with Crippen LogP contribution in [-0.4, -0.2) is 39.4 Å². The number of nitrogens with zero attached hydrogens (tertiary/aromatic N) is 3. The third-order valence-corrected chi connectivity index (χ3v) is 3.59. The van der Waals surface area contributed by atoms with Crippen LogP contribution in [0.1, 0.15) is 39.3 Å². The van der Waals surface area contributed by atoms with Crippen LogP contribution in [-0.2, 0) is 11.3 Å². The van der Waals surface area contributed by atoms with E-state index in [1.807, 2.05) is 20.8 Å². The van der Waals surface area contributed by atoms with E-state index in [0.717, 1.165) is 38.2 Å². The van der Waals surface area contributed by atoms with Gasteiger partial charge in [-0.1, -0.05) is 0 Å². The predicted molar refractivity (Wildman–Crippen MR) is 82.3 cm³/mol. The first-order valence-corrected chi connectivity index (χ1v) is 7.44. The van der Waals surface area contributed by atoms with E-state index in [1.54, 1.807) is 6.07 Å². The molecule has 1 amide bonds. The Morgan fingerprint density at radius 1 is 1.38 bits per heavy atom. The lowest BCUT2D eigenvalue weighted by molar-refractivity contribution is -0.127. The minimum absolute atomic E-state index is 0.121. The number of anilines is 1. The molecule has 6 nitrogen and oxygen atoms in total. The number of hydrogen-bond donors (Lipinski definition) is 2. The summed E-state index contributed by atoms with van der Waals surface area (Å²) < 4.78 is 0. The van der Waals surface area contributed by atoms with E-state index >= 15 is 0 Å². The molecule has 1 aromatic heterocycles. The molecule has 0 saturated carbocycles. The summed E-state index contributed by atoms with van der Waals surface area (Å²) in [6.45, 7) is 8.62. The number of aromatic nitrogens is 2. The van der Waals surface area contributed by atoms with Gasteiger partial charge in [0.25, 0.3) is 0 Å². The number of nitrogen functional groups attached to an aromatic ring is 1. The fourth-order valence-electron chi connectivity index (χ4n) is 2.56. The summed E-state index contributed by atoms with van der Waals surface area (Å²) in [6, 6.07) is 1.80. The largest absolute Gasteiger partial charge is 0.384 e. The van der Waals surface area contributed by atoms with Gasteiger partial charge in [-0.2, -0.15) is 0 Å². The maximum atomic E-state index is 12.2. The van der Waals surface area contributed by atoms with E-state index in [9.17, 15) is 4.79 Å². The summed E-state index contributed by atoms with van der Waals surface area (Å²) >= 11 is 0. The van der Waals surface area contributed by atoms with Crippen molar-refractivity contribution in [3.63, 3.8) is 0 Å². The van der Waals surface area contributed by atoms with Crippen LogP contribution in [0.3, 0.4) is 0 Å². The standard InChI is InChI=1S/C15H25N5O/c1-15(2,3)19-14(21)11-4-6-20(7-5-11)9-12-8-13(16)18-10-17-12/h8,10-11H,4-7,9H2,1-3H3,(H,19,21)(H2,16,17,18). The van der Waals surface area contributed by atoms with Gasteiger partial charge < -0.3 is 11.1 Å². The van der Waals surface area contributed by atoms with E-state index in [-0.39, 0.29) is 17.4 Å². The smallest absolute Gasteiger partial charge is 0.223 e. The Kier molecular flexibility index (Phi) is 4.77. The van der Waals surface area contributed by atoms with Gasteiger partial charge in [-0.3, -0.25) is 9.69 Å². The fraction of sp³-hybridized carbons (Fsp3) is 0.667. The van der Waals surface area contributed by atoms with Crippen molar-refractivity contribution in [1.82, 2.24) is 20.2 Å². The maximum absolute atomic E-state index is 12.2. The monoisotopic (exact) mass is 291 g/mol. The summed E-state index contributed by atoms with van der Waals surface area (Å²) in [5.41, 5.74) is 6.43. The van der Waals surface area contributed by atoms with Gasteiger partial charge in [-0.15, -0.1) is 0 Å². The summed E-state index contributed by atoms with van der Waals surface area (Å²) in [6.07, 6.45) is 3.28. The molecule has 0 radical (unpaired) electrons. The molecule has 1 aliphatic heterocycles. The summed E-state index contributed by atoms with van der Waals surface area (Å²) in [5, 5.41) is 3.07. The lowest BCUT2D eigenvalue weighted by Gasteiger charge is -2.32. The second-order valence-corrected chi connectivity index (χ2v) is 6.72. The minimum Gasteiger partial charge on any atom is -0.384 e. The van der Waals surface area contributed by atoms with Crippen LogP contribution in [0.4, 0.5) is 5.82 Å². The molecule has 1 aliphatic rings. The Balaban J connectivity index is 1.82. The number of likely N-dealkylation sites (tertiary alicyclic amines) is 1. The van der Waals surface area contributed by atoms with Crippen molar-refractivity contribution in [1.29, 1.82) is 0 Å². The molecule has 2 rings (SSSR count). The summed E-state index contributed by atoms with van der Waals surface area (Å²) in [5.74, 6) is 0.795. The number of piperidine rings is 1. The van der Waals surface area contributed by atoms with Crippen molar-refractivity contribution < 1.29 is 4.79 Å². The number of rotatable bonds is 3. The number of carbonyl (C=O) groups is 1. The van der Waals surface area contributed by atoms with Crippen LogP contribution >= 0.6 is 0 Å². The molecule has 6 heteroatoms. The van der Waals surface area contributed by atoms with E-state index in [0.29, 0.717) is 5.82 Å². The molecule has 1 fully saturated rings. The van der Waals surface area contributed by atoms with Crippen LogP contribution in [0.2, 0.25) is 0 Å². The first-order chi connectivity index (χ1) is 9.83. The molecule has 116 valence electrons. The van der Waals surface area contributed by atoms with Gasteiger partial charge in [0.2, 0.25) is 5.91 Å². The normalized spacial score (nSPS) is 17.7. The summed E-state index contributed by atoms with van der Waals surface area (Å²) in [4.78, 5) is 22.6. The molecule has 0 bridgehead atoms. The average Bonchev–Trinajstić information content (AvgIpc) is 2.37. The van der Waals surface area contributed by atoms with Crippen LogP contribution in [0.5, 0.6) is 0 Å². The van der Waals surface area contributed by atoms with Gasteiger partial charge in [0.05, 0.1) is 5.69 Å². The van der Waals surface area contributed by atoms with Gasteiger partial charge in [0, 0.05) is 24.1 Å². The predicted octanol–water partition coefficient (Wildman–Crippen LogP) is 1.19. The number of carbonyl (C=O) groups excluding carboxylic acids is 1. The van der Waals surface area contributed by atoms with Gasteiger partial charge in [-0.25, -0.2) is 9.97 Å². The highest BCUT2D eigenvalue weighted by Crippen LogP contribution is 2.20. The Labute approximate surface area is 126 Å². The molecule has 1 saturated heterocycles. The first-order valence-electron chi connectivity index (χ1n) is 7.44. The van der Waals surface area contributed by atoms with E-state index in [2.05, 4.69) is 20.2 Å². The van der Waals surface area contributed by atoms with E-state index in [4.69, 9.17) is 5.73 Å². The third-order valence-electron chi connectivity index (χ3n) is 3.59. The molecular weight excluding hydrogens is 266 g/mol. The molecule has 0 spiro atoms. The highest BCUT2D eigenvalue weighted by atomic mass is 16.2. The maximum Gasteiger partial charge on any atom is 0.223 e. The molecule has 3 N–H and O–H groups in total. The highest BCUT2D eigenvalue weighted by Gasteiger charge is 2.27. The number of nitrogens with one attached hydrogen (secondary N) is 1. The zero-order valence-corrected chi connectivity index (χ0v) is 13.1. The SMILES string of the molecule is CC(C)(C)NC(=O)C1CCN(Cc2cc(N)ncn2)CC1. The number of hydrogen-bond acceptors (Lipinski definition) is 5. The lowest BCUT2D eigenvalue weighted by Crippen LogP contribution is -2.46. The molecule has 0 aliphatic carbocycles. The van der Waals surface area contributed by atoms with Crippen molar-refractivity contribution in [2.75, 3.05) is 18.8 Å². The molecule has 0 aromatic carbocycles. The lowest BCUT2D eigenvalue weighted by atomic mass is 9.94. The van der Waals surface area contributed by atoms with Crippen molar-refractivity contribution in [2.24, 2.45) is 5.92 Å². The van der Waals surface area contributed by atoms with Gasteiger partial charge in [0.1, 0.15) is 12.1 Å². The van der Waals surface area contributed by atoms with Crippen LogP contribution in [0.25, 0.3) is 0 Å². The molecule has 21 heavy (non-hydrogen) atoms. The van der Waals surface area contributed by atoms with E-state index in [1.165, 1.54) is 6.33 Å². The zero-order chi connectivity index (χ0) is 15.5. The quantitative estimate of drug-likeness (QED) is 0.874. The fourth-order valence-corrected chi connectivity index (χ4v) is 2.56. The molecule has 2 heterocycles. The molecule has 0 atom stereocenters. The molecule has 1 aromatic rings. The van der Waals surface area contributed by atoms with Crippen molar-refractivity contribution in [3.8, 4) is 0 Å². The van der Waals surface area contributed by atoms with Crippen molar-refractivity contribution in [3.05, 3.63) is 18.1 Å². The van der Waals surface area contributed by atoms with Gasteiger partial charge >= 0.3 is 0 Å². The molecular formula is C15H25N5O. The van der Waals surface area contributed by atoms with Gasteiger partial charge in [-0.05, 0) is 46.7 Å². The van der Waals surface area contributed by atoms with Crippen molar-refractivity contribution >= 4 is 11.7 Å². The highest BCUT2D eigenvalue weighted by molar-refractivity contribution is 5.79. The van der Waals surface area contributed by atoms with Gasteiger partial charge in [0.15, 0.2) is 0 Å². The Morgan fingerprint density at radius 3 is 2.62 bits per heavy atom. The second-order valence-electron chi connectivity index (χ2n) is 6.72. The van der Waals surface area contributed by atoms with Crippen LogP contribution in [0, 0.1) is 5.92 Å². The van der Waals surface area contributed by atoms with Crippen molar-refractivity contribution in [2.45, 2.75) is 45.7 Å². The number of nitrogens with two attached hydrogens (primary N) is 1. The molecule has 0 unspecified atom stereocenters. The number of amides is 1. The first kappa shape index (κ1) is 15.7. The summed E-state index contributed by atoms with van der Waals surface area (Å²) in [7, 11) is 0. The Bertz CT molecular complexity index is 489. The Morgan fingerprint density at radius 2 is 2.05 bits per heavy atom.